The molecule has 4 aliphatic rings. The van der Waals surface area contributed by atoms with Crippen LogP contribution in [-0.2, 0) is 23.8 Å². The Kier molecular flexibility index (Phi) is 8.09. The van der Waals surface area contributed by atoms with E-state index in [2.05, 4.69) is 10.1 Å². The summed E-state index contributed by atoms with van der Waals surface area (Å²) in [6.07, 6.45) is -1.63. The highest BCUT2D eigenvalue weighted by Gasteiger charge is 2.43. The smallest absolute Gasteiger partial charge is 0.378 e. The van der Waals surface area contributed by atoms with E-state index in [1.165, 1.54) is 4.90 Å². The Morgan fingerprint density at radius 3 is 2.25 bits per heavy atom. The monoisotopic (exact) mass is 464 g/mol. The molecule has 32 heavy (non-hydrogen) atoms. The second-order valence-electron chi connectivity index (χ2n) is 9.76. The van der Waals surface area contributed by atoms with Crippen LogP contribution in [0, 0.1) is 11.3 Å². The molecule has 4 fully saturated rings. The number of ether oxygens (including phenoxy) is 3. The van der Waals surface area contributed by atoms with Crippen LogP contribution >= 0.6 is 0 Å². The fourth-order valence-electron chi connectivity index (χ4n) is 4.68. The van der Waals surface area contributed by atoms with E-state index < -0.39 is 24.6 Å². The number of carbonyl (C=O) groups is 2. The van der Waals surface area contributed by atoms with Gasteiger partial charge >= 0.3 is 6.36 Å². The molecule has 2 atom stereocenters. The van der Waals surface area contributed by atoms with Crippen molar-refractivity contribution < 1.29 is 37.0 Å². The molecule has 3 saturated heterocycles. The minimum atomic E-state index is -4.69. The number of fused-ring (bicyclic) bond motifs is 3. The molecular formula is C22H35F3N2O5. The summed E-state index contributed by atoms with van der Waals surface area (Å²) in [6.45, 7) is 6.60. The molecule has 0 radical (unpaired) electrons. The summed E-state index contributed by atoms with van der Waals surface area (Å²) in [5, 5.41) is 2.79. The maximum Gasteiger partial charge on any atom is 0.522 e. The number of piperidine rings is 1. The van der Waals surface area contributed by atoms with Gasteiger partial charge in [-0.25, -0.2) is 0 Å². The van der Waals surface area contributed by atoms with Gasteiger partial charge in [0.15, 0.2) is 0 Å². The average molecular weight is 465 g/mol. The average Bonchev–Trinajstić information content (AvgIpc) is 2.76. The molecule has 2 bridgehead atoms. The first-order valence-electron chi connectivity index (χ1n) is 11.5. The Morgan fingerprint density at radius 1 is 1.12 bits per heavy atom. The number of rotatable bonds is 8. The Balaban J connectivity index is 1.60. The highest BCUT2D eigenvalue weighted by molar-refractivity contribution is 5.88. The van der Waals surface area contributed by atoms with Crippen LogP contribution in [0.15, 0.2) is 0 Å². The Labute approximate surface area is 187 Å². The molecule has 0 spiro atoms. The topological polar surface area (TPSA) is 77.1 Å². The fourth-order valence-corrected chi connectivity index (χ4v) is 4.68. The van der Waals surface area contributed by atoms with Crippen molar-refractivity contribution in [3.63, 3.8) is 0 Å². The lowest BCUT2D eigenvalue weighted by Crippen LogP contribution is -2.57. The maximum absolute atomic E-state index is 13.2. The summed E-state index contributed by atoms with van der Waals surface area (Å²) < 4.78 is 53.5. The van der Waals surface area contributed by atoms with Gasteiger partial charge in [-0.05, 0) is 45.4 Å². The zero-order valence-electron chi connectivity index (χ0n) is 19.1. The lowest BCUT2D eigenvalue weighted by molar-refractivity contribution is -0.345. The van der Waals surface area contributed by atoms with Gasteiger partial charge in [0.2, 0.25) is 11.8 Å². The van der Waals surface area contributed by atoms with E-state index in [4.69, 9.17) is 9.47 Å². The largest absolute Gasteiger partial charge is 0.522 e. The van der Waals surface area contributed by atoms with Gasteiger partial charge < -0.3 is 19.7 Å². The van der Waals surface area contributed by atoms with Crippen molar-refractivity contribution in [1.82, 2.24) is 10.2 Å². The van der Waals surface area contributed by atoms with Gasteiger partial charge in [0, 0.05) is 24.4 Å². The van der Waals surface area contributed by atoms with Crippen molar-refractivity contribution in [2.45, 2.75) is 90.0 Å². The first-order chi connectivity index (χ1) is 15.0. The van der Waals surface area contributed by atoms with Crippen LogP contribution in [-0.4, -0.2) is 73.7 Å². The van der Waals surface area contributed by atoms with Crippen molar-refractivity contribution in [2.24, 2.45) is 11.3 Å². The number of hydrogen-bond acceptors (Lipinski definition) is 5. The van der Waals surface area contributed by atoms with Crippen LogP contribution in [0.4, 0.5) is 13.2 Å². The van der Waals surface area contributed by atoms with Gasteiger partial charge in [-0.2, -0.15) is 0 Å². The normalized spacial score (nSPS) is 28.6. The van der Waals surface area contributed by atoms with Crippen LogP contribution in [0.1, 0.15) is 59.3 Å². The molecule has 4 rings (SSSR count). The zero-order valence-corrected chi connectivity index (χ0v) is 19.1. The predicted molar refractivity (Wildman–Crippen MR) is 110 cm³/mol. The van der Waals surface area contributed by atoms with Crippen LogP contribution in [0.25, 0.3) is 0 Å². The third kappa shape index (κ3) is 6.57. The molecule has 0 aromatic heterocycles. The fraction of sp³-hybridized carbons (Fsp3) is 0.909. The predicted octanol–water partition coefficient (Wildman–Crippen LogP) is 3.02. The van der Waals surface area contributed by atoms with Gasteiger partial charge in [-0.15, -0.1) is 13.2 Å². The Morgan fingerprint density at radius 2 is 1.75 bits per heavy atom. The number of hydrogen-bond donors (Lipinski definition) is 1. The lowest BCUT2D eigenvalue weighted by atomic mass is 9.72. The molecule has 10 heteroatoms. The SMILES string of the molecule is CC(C)C(=O)NC(C(=O)N1CCC(OC(F)(F)F)CC1)C(C)OCC12CCC(CC1)OC2. The summed E-state index contributed by atoms with van der Waals surface area (Å²) in [5.41, 5.74) is -0.0497. The summed E-state index contributed by atoms with van der Waals surface area (Å²) in [5.74, 6) is -0.920. The summed E-state index contributed by atoms with van der Waals surface area (Å²) in [6, 6.07) is -0.901. The number of nitrogens with zero attached hydrogens (tertiary/aromatic N) is 1. The van der Waals surface area contributed by atoms with E-state index in [9.17, 15) is 22.8 Å². The summed E-state index contributed by atoms with van der Waals surface area (Å²) in [4.78, 5) is 27.1. The van der Waals surface area contributed by atoms with Crippen molar-refractivity contribution in [2.75, 3.05) is 26.3 Å². The van der Waals surface area contributed by atoms with E-state index in [1.54, 1.807) is 20.8 Å². The van der Waals surface area contributed by atoms with E-state index in [1.807, 2.05) is 0 Å². The molecule has 1 saturated carbocycles. The van der Waals surface area contributed by atoms with E-state index >= 15 is 0 Å². The minimum absolute atomic E-state index is 0.0497. The molecule has 0 aromatic carbocycles. The van der Waals surface area contributed by atoms with Crippen LogP contribution < -0.4 is 5.32 Å². The second kappa shape index (κ2) is 10.3. The quantitative estimate of drug-likeness (QED) is 0.598. The zero-order chi connectivity index (χ0) is 23.5. The van der Waals surface area contributed by atoms with E-state index in [0.717, 1.165) is 25.7 Å². The first kappa shape index (κ1) is 25.2. The van der Waals surface area contributed by atoms with Crippen molar-refractivity contribution in [1.29, 1.82) is 0 Å². The molecule has 2 unspecified atom stereocenters. The molecule has 184 valence electrons. The number of halogens is 3. The molecule has 0 aromatic rings. The third-order valence-corrected chi connectivity index (χ3v) is 6.88. The molecule has 3 heterocycles. The first-order valence-corrected chi connectivity index (χ1v) is 11.5. The molecule has 3 aliphatic heterocycles. The van der Waals surface area contributed by atoms with Gasteiger partial charge in [0.1, 0.15) is 6.04 Å². The number of likely N-dealkylation sites (tertiary alicyclic amines) is 1. The number of amides is 2. The molecular weight excluding hydrogens is 429 g/mol. The lowest BCUT2D eigenvalue weighted by Gasteiger charge is -2.46. The second-order valence-corrected chi connectivity index (χ2v) is 9.76. The molecule has 1 aliphatic carbocycles. The number of alkyl halides is 3. The van der Waals surface area contributed by atoms with Crippen LogP contribution in [0.2, 0.25) is 0 Å². The molecule has 1 N–H and O–H groups in total. The minimum Gasteiger partial charge on any atom is -0.378 e. The Hall–Kier alpha value is -1.39. The van der Waals surface area contributed by atoms with Crippen LogP contribution in [0.3, 0.4) is 0 Å². The third-order valence-electron chi connectivity index (χ3n) is 6.88. The standard InChI is InChI=1S/C22H35F3N2O5/c1-14(2)19(28)26-18(15(3)30-12-21-8-4-16(5-9-21)31-13-21)20(29)27-10-6-17(7-11-27)32-22(23,24)25/h14-18H,4-13H2,1-3H3,(H,26,28). The van der Waals surface area contributed by atoms with Gasteiger partial charge in [-0.3, -0.25) is 14.3 Å². The van der Waals surface area contributed by atoms with E-state index in [-0.39, 0.29) is 49.1 Å². The van der Waals surface area contributed by atoms with Gasteiger partial charge in [0.25, 0.3) is 0 Å². The van der Waals surface area contributed by atoms with Gasteiger partial charge in [0.05, 0.1) is 31.5 Å². The van der Waals surface area contributed by atoms with Crippen LogP contribution in [0.5, 0.6) is 0 Å². The maximum atomic E-state index is 13.2. The summed E-state index contributed by atoms with van der Waals surface area (Å²) in [7, 11) is 0. The van der Waals surface area contributed by atoms with E-state index in [0.29, 0.717) is 19.3 Å². The number of carbonyl (C=O) groups excluding carboxylic acids is 2. The van der Waals surface area contributed by atoms with Gasteiger partial charge in [-0.1, -0.05) is 13.8 Å². The highest BCUT2D eigenvalue weighted by Crippen LogP contribution is 2.43. The Bertz CT molecular complexity index is 643. The van der Waals surface area contributed by atoms with Crippen molar-refractivity contribution in [3.8, 4) is 0 Å². The molecule has 2 amide bonds. The summed E-state index contributed by atoms with van der Waals surface area (Å²) >= 11 is 0. The van der Waals surface area contributed by atoms with Crippen molar-refractivity contribution in [3.05, 3.63) is 0 Å². The molecule has 7 nitrogen and oxygen atoms in total. The highest BCUT2D eigenvalue weighted by atomic mass is 19.4. The van der Waals surface area contributed by atoms with Crippen molar-refractivity contribution >= 4 is 11.8 Å². The number of nitrogens with one attached hydrogen (secondary N) is 1.